The summed E-state index contributed by atoms with van der Waals surface area (Å²) in [5.74, 6) is -0.0933. The Hall–Kier alpha value is -0.830. The highest BCUT2D eigenvalue weighted by Gasteiger charge is 2.34. The van der Waals surface area contributed by atoms with Gasteiger partial charge in [-0.25, -0.2) is 0 Å². The van der Waals surface area contributed by atoms with Crippen LogP contribution in [0.1, 0.15) is 19.8 Å². The highest BCUT2D eigenvalue weighted by atomic mass is 16.4. The van der Waals surface area contributed by atoms with Crippen LogP contribution in [0.2, 0.25) is 0 Å². The predicted molar refractivity (Wildman–Crippen MR) is 54.0 cm³/mol. The molecule has 3 nitrogen and oxygen atoms in total. The van der Waals surface area contributed by atoms with Crippen LogP contribution in [0.3, 0.4) is 0 Å². The molecule has 1 heterocycles. The molecule has 1 N–H and O–H groups in total. The summed E-state index contributed by atoms with van der Waals surface area (Å²) in [6.45, 7) is 4.52. The van der Waals surface area contributed by atoms with Gasteiger partial charge in [0, 0.05) is 19.1 Å². The SMILES string of the molecule is CCC1CN(C2C=CC(C(=O)O)C2)C1. The van der Waals surface area contributed by atoms with Gasteiger partial charge in [-0.15, -0.1) is 0 Å². The van der Waals surface area contributed by atoms with E-state index in [0.717, 1.165) is 25.4 Å². The molecule has 0 radical (unpaired) electrons. The molecule has 0 saturated carbocycles. The second kappa shape index (κ2) is 3.73. The van der Waals surface area contributed by atoms with Crippen LogP contribution in [0.5, 0.6) is 0 Å². The van der Waals surface area contributed by atoms with Crippen LogP contribution in [-0.4, -0.2) is 35.1 Å². The maximum absolute atomic E-state index is 10.7. The average Bonchev–Trinajstić information content (AvgIpc) is 2.51. The molecule has 0 aromatic rings. The van der Waals surface area contributed by atoms with E-state index >= 15 is 0 Å². The zero-order valence-electron chi connectivity index (χ0n) is 8.52. The lowest BCUT2D eigenvalue weighted by atomic mass is 9.94. The molecule has 1 aliphatic heterocycles. The van der Waals surface area contributed by atoms with Gasteiger partial charge in [-0.05, 0) is 12.3 Å². The van der Waals surface area contributed by atoms with E-state index in [4.69, 9.17) is 5.11 Å². The molecule has 0 aromatic heterocycles. The van der Waals surface area contributed by atoms with Crippen molar-refractivity contribution in [2.24, 2.45) is 11.8 Å². The van der Waals surface area contributed by atoms with Crippen molar-refractivity contribution in [3.63, 3.8) is 0 Å². The minimum atomic E-state index is -0.684. The number of rotatable bonds is 3. The predicted octanol–water partition coefficient (Wildman–Crippen LogP) is 1.36. The summed E-state index contributed by atoms with van der Waals surface area (Å²) in [6, 6.07) is 0.388. The van der Waals surface area contributed by atoms with E-state index in [9.17, 15) is 4.79 Å². The third-order valence-electron chi connectivity index (χ3n) is 3.41. The van der Waals surface area contributed by atoms with Crippen molar-refractivity contribution >= 4 is 5.97 Å². The Bertz CT molecular complexity index is 256. The van der Waals surface area contributed by atoms with Crippen LogP contribution in [0.4, 0.5) is 0 Å². The molecular weight excluding hydrogens is 178 g/mol. The molecule has 2 atom stereocenters. The topological polar surface area (TPSA) is 40.5 Å². The Balaban J connectivity index is 1.81. The van der Waals surface area contributed by atoms with E-state index in [2.05, 4.69) is 17.9 Å². The minimum absolute atomic E-state index is 0.249. The van der Waals surface area contributed by atoms with E-state index in [1.165, 1.54) is 6.42 Å². The van der Waals surface area contributed by atoms with E-state index in [1.807, 2.05) is 6.08 Å². The molecule has 14 heavy (non-hydrogen) atoms. The quantitative estimate of drug-likeness (QED) is 0.691. The first-order valence-electron chi connectivity index (χ1n) is 5.36. The monoisotopic (exact) mass is 195 g/mol. The number of carboxylic acid groups (broad SMARTS) is 1. The third kappa shape index (κ3) is 1.69. The Morgan fingerprint density at radius 1 is 1.50 bits per heavy atom. The van der Waals surface area contributed by atoms with Crippen molar-refractivity contribution in [3.05, 3.63) is 12.2 Å². The number of hydrogen-bond donors (Lipinski definition) is 1. The van der Waals surface area contributed by atoms with Crippen molar-refractivity contribution in [3.8, 4) is 0 Å². The Labute approximate surface area is 84.4 Å². The lowest BCUT2D eigenvalue weighted by Crippen LogP contribution is -2.50. The molecule has 1 aliphatic carbocycles. The van der Waals surface area contributed by atoms with E-state index in [0.29, 0.717) is 6.04 Å². The summed E-state index contributed by atoms with van der Waals surface area (Å²) >= 11 is 0. The second-order valence-electron chi connectivity index (χ2n) is 4.36. The second-order valence-corrected chi connectivity index (χ2v) is 4.36. The summed E-state index contributed by atoms with van der Waals surface area (Å²) in [6.07, 6.45) is 5.91. The van der Waals surface area contributed by atoms with Crippen LogP contribution in [0.15, 0.2) is 12.2 Å². The normalized spacial score (nSPS) is 33.2. The first kappa shape index (κ1) is 9.71. The zero-order valence-corrected chi connectivity index (χ0v) is 8.52. The molecule has 0 spiro atoms. The molecule has 0 aromatic carbocycles. The fourth-order valence-corrected chi connectivity index (χ4v) is 2.27. The maximum Gasteiger partial charge on any atom is 0.310 e. The van der Waals surface area contributed by atoms with Crippen molar-refractivity contribution in [2.75, 3.05) is 13.1 Å². The minimum Gasteiger partial charge on any atom is -0.481 e. The van der Waals surface area contributed by atoms with Crippen molar-refractivity contribution < 1.29 is 9.90 Å². The first-order valence-corrected chi connectivity index (χ1v) is 5.36. The standard InChI is InChI=1S/C11H17NO2/c1-2-8-6-12(7-8)10-4-3-9(5-10)11(13)14/h3-4,8-10H,2,5-7H2,1H3,(H,13,14). The summed E-state index contributed by atoms with van der Waals surface area (Å²) in [5.41, 5.74) is 0. The van der Waals surface area contributed by atoms with Gasteiger partial charge in [0.15, 0.2) is 0 Å². The molecule has 1 saturated heterocycles. The molecular formula is C11H17NO2. The molecule has 0 bridgehead atoms. The molecule has 3 heteroatoms. The van der Waals surface area contributed by atoms with E-state index in [-0.39, 0.29) is 5.92 Å². The Kier molecular flexibility index (Phi) is 2.59. The molecule has 2 aliphatic rings. The Morgan fingerprint density at radius 2 is 2.21 bits per heavy atom. The third-order valence-corrected chi connectivity index (χ3v) is 3.41. The van der Waals surface area contributed by atoms with Crippen molar-refractivity contribution in [1.29, 1.82) is 0 Å². The van der Waals surface area contributed by atoms with E-state index in [1.54, 1.807) is 0 Å². The molecule has 2 rings (SSSR count). The lowest BCUT2D eigenvalue weighted by Gasteiger charge is -2.42. The molecule has 78 valence electrons. The van der Waals surface area contributed by atoms with Gasteiger partial charge < -0.3 is 5.11 Å². The van der Waals surface area contributed by atoms with Gasteiger partial charge in [0.25, 0.3) is 0 Å². The number of hydrogen-bond acceptors (Lipinski definition) is 2. The van der Waals surface area contributed by atoms with Gasteiger partial charge in [0.1, 0.15) is 0 Å². The van der Waals surface area contributed by atoms with Crippen LogP contribution < -0.4 is 0 Å². The fraction of sp³-hybridized carbons (Fsp3) is 0.727. The molecule has 2 unspecified atom stereocenters. The van der Waals surface area contributed by atoms with Gasteiger partial charge in [-0.2, -0.15) is 0 Å². The number of carboxylic acids is 1. The Morgan fingerprint density at radius 3 is 2.71 bits per heavy atom. The largest absolute Gasteiger partial charge is 0.481 e. The van der Waals surface area contributed by atoms with Gasteiger partial charge >= 0.3 is 5.97 Å². The summed E-state index contributed by atoms with van der Waals surface area (Å²) in [4.78, 5) is 13.1. The van der Waals surface area contributed by atoms with Crippen molar-refractivity contribution in [1.82, 2.24) is 4.90 Å². The van der Waals surface area contributed by atoms with Gasteiger partial charge in [0.2, 0.25) is 0 Å². The summed E-state index contributed by atoms with van der Waals surface area (Å²) < 4.78 is 0. The number of aliphatic carboxylic acids is 1. The number of likely N-dealkylation sites (tertiary alicyclic amines) is 1. The number of carbonyl (C=O) groups is 1. The molecule has 0 amide bonds. The van der Waals surface area contributed by atoms with Gasteiger partial charge in [-0.3, -0.25) is 9.69 Å². The van der Waals surface area contributed by atoms with Crippen LogP contribution in [-0.2, 0) is 4.79 Å². The summed E-state index contributed by atoms with van der Waals surface area (Å²) in [7, 11) is 0. The lowest BCUT2D eigenvalue weighted by molar-refractivity contribution is -0.140. The zero-order chi connectivity index (χ0) is 10.1. The van der Waals surface area contributed by atoms with Crippen LogP contribution >= 0.6 is 0 Å². The fourth-order valence-electron chi connectivity index (χ4n) is 2.27. The maximum atomic E-state index is 10.7. The van der Waals surface area contributed by atoms with E-state index < -0.39 is 5.97 Å². The summed E-state index contributed by atoms with van der Waals surface area (Å²) in [5, 5.41) is 8.83. The molecule has 1 fully saturated rings. The highest BCUT2D eigenvalue weighted by molar-refractivity contribution is 5.73. The first-order chi connectivity index (χ1) is 6.70. The number of nitrogens with zero attached hydrogens (tertiary/aromatic N) is 1. The van der Waals surface area contributed by atoms with Gasteiger partial charge in [0.05, 0.1) is 5.92 Å². The smallest absolute Gasteiger partial charge is 0.310 e. The van der Waals surface area contributed by atoms with Crippen molar-refractivity contribution in [2.45, 2.75) is 25.8 Å². The van der Waals surface area contributed by atoms with Gasteiger partial charge in [-0.1, -0.05) is 25.5 Å². The highest BCUT2D eigenvalue weighted by Crippen LogP contribution is 2.29. The average molecular weight is 195 g/mol. The van der Waals surface area contributed by atoms with Crippen LogP contribution in [0, 0.1) is 11.8 Å². The van der Waals surface area contributed by atoms with Crippen LogP contribution in [0.25, 0.3) is 0 Å².